The number of rotatable bonds is 14. The second kappa shape index (κ2) is 15.9. The largest absolute Gasteiger partial charge is 0.496 e. The highest BCUT2D eigenvalue weighted by Gasteiger charge is 2.62. The van der Waals surface area contributed by atoms with Crippen molar-refractivity contribution in [2.24, 2.45) is 23.7 Å². The third-order valence-corrected chi connectivity index (χ3v) is 11.0. The summed E-state index contributed by atoms with van der Waals surface area (Å²) in [7, 11) is 7.39. The summed E-state index contributed by atoms with van der Waals surface area (Å²) >= 11 is 0. The van der Waals surface area contributed by atoms with Crippen molar-refractivity contribution in [3.63, 3.8) is 0 Å². The normalized spacial score (nSPS) is 23.4. The van der Waals surface area contributed by atoms with Gasteiger partial charge in [0, 0.05) is 12.2 Å². The minimum atomic E-state index is -1.28. The van der Waals surface area contributed by atoms with E-state index in [-0.39, 0.29) is 23.4 Å². The molecule has 0 spiro atoms. The number of ether oxygens (including phenoxy) is 2. The third kappa shape index (κ3) is 7.22. The Morgan fingerprint density at radius 3 is 2.12 bits per heavy atom. The first-order valence-corrected chi connectivity index (χ1v) is 18.5. The zero-order valence-electron chi connectivity index (χ0n) is 31.2. The van der Waals surface area contributed by atoms with E-state index in [9.17, 15) is 14.7 Å². The molecule has 10 heteroatoms. The summed E-state index contributed by atoms with van der Waals surface area (Å²) in [5.41, 5.74) is 3.07. The summed E-state index contributed by atoms with van der Waals surface area (Å²) in [6, 6.07) is 13.6. The molecule has 4 aliphatic carbocycles. The number of carboxylic acids is 1. The van der Waals surface area contributed by atoms with Gasteiger partial charge in [0.15, 0.2) is 5.69 Å². The maximum absolute atomic E-state index is 14.2. The number of hydrogen-bond acceptors (Lipinski definition) is 7. The van der Waals surface area contributed by atoms with E-state index in [1.807, 2.05) is 44.2 Å². The van der Waals surface area contributed by atoms with Crippen molar-refractivity contribution in [1.29, 1.82) is 0 Å². The highest BCUT2D eigenvalue weighted by atomic mass is 16.5. The fourth-order valence-electron chi connectivity index (χ4n) is 8.85. The van der Waals surface area contributed by atoms with E-state index in [0.717, 1.165) is 68.6 Å². The van der Waals surface area contributed by atoms with Crippen LogP contribution < -0.4 is 20.1 Å². The van der Waals surface area contributed by atoms with E-state index < -0.39 is 17.4 Å². The maximum Gasteiger partial charge on any atom is 0.330 e. The van der Waals surface area contributed by atoms with E-state index in [4.69, 9.17) is 14.6 Å². The molecule has 4 saturated carbocycles. The molecular formula is C40H57N5O5. The molecule has 2 aromatic carbocycles. The van der Waals surface area contributed by atoms with Crippen molar-refractivity contribution in [2.45, 2.75) is 84.1 Å². The average Bonchev–Trinajstić information content (AvgIpc) is 3.54. The van der Waals surface area contributed by atoms with Crippen LogP contribution in [0.5, 0.6) is 11.5 Å². The summed E-state index contributed by atoms with van der Waals surface area (Å²) in [5.74, 6) is 0.885. The van der Waals surface area contributed by atoms with Gasteiger partial charge in [-0.15, -0.1) is 0 Å². The van der Waals surface area contributed by atoms with Crippen LogP contribution >= 0.6 is 0 Å². The van der Waals surface area contributed by atoms with Crippen LogP contribution in [0.4, 0.5) is 5.69 Å². The molecule has 50 heavy (non-hydrogen) atoms. The molecule has 0 saturated heterocycles. The zero-order valence-corrected chi connectivity index (χ0v) is 31.2. The van der Waals surface area contributed by atoms with Crippen LogP contribution in [0.3, 0.4) is 0 Å². The Morgan fingerprint density at radius 2 is 1.58 bits per heavy atom. The lowest BCUT2D eigenvalue weighted by molar-refractivity contribution is -0.163. The Kier molecular flexibility index (Phi) is 11.8. The van der Waals surface area contributed by atoms with Gasteiger partial charge in [-0.2, -0.15) is 5.10 Å². The maximum atomic E-state index is 14.2. The summed E-state index contributed by atoms with van der Waals surface area (Å²) in [5, 5.41) is 22.3. The van der Waals surface area contributed by atoms with Crippen LogP contribution in [0.15, 0.2) is 42.5 Å². The van der Waals surface area contributed by atoms with E-state index in [0.29, 0.717) is 34.6 Å². The van der Waals surface area contributed by atoms with E-state index in [1.165, 1.54) is 6.42 Å². The number of aliphatic carboxylic acids is 1. The number of carbonyl (C=O) groups is 2. The predicted octanol–water partition coefficient (Wildman–Crippen LogP) is 7.47. The Bertz CT molecular complexity index is 1600. The van der Waals surface area contributed by atoms with E-state index in [2.05, 4.69) is 49.5 Å². The minimum absolute atomic E-state index is 0.0680. The number of benzene rings is 2. The monoisotopic (exact) mass is 687 g/mol. The number of unbranched alkanes of at least 4 members (excludes halogenated alkanes) is 1. The van der Waals surface area contributed by atoms with Gasteiger partial charge in [-0.05, 0) is 137 Å². The van der Waals surface area contributed by atoms with Gasteiger partial charge in [-0.3, -0.25) is 4.79 Å². The number of nitrogens with one attached hydrogen (secondary N) is 2. The quantitative estimate of drug-likeness (QED) is 0.150. The number of amides is 1. The highest BCUT2D eigenvalue weighted by molar-refractivity contribution is 5.98. The van der Waals surface area contributed by atoms with Gasteiger partial charge in [-0.25, -0.2) is 9.48 Å². The molecular weight excluding hydrogens is 630 g/mol. The predicted molar refractivity (Wildman–Crippen MR) is 199 cm³/mol. The lowest BCUT2D eigenvalue weighted by Gasteiger charge is -2.59. The summed E-state index contributed by atoms with van der Waals surface area (Å²) in [6.45, 7) is 10.2. The van der Waals surface area contributed by atoms with Crippen LogP contribution in [0.2, 0.25) is 0 Å². The Morgan fingerprint density at radius 1 is 0.960 bits per heavy atom. The molecule has 1 heterocycles. The molecule has 4 aliphatic rings. The minimum Gasteiger partial charge on any atom is -0.496 e. The Labute approximate surface area is 297 Å². The molecule has 272 valence electrons. The second-order valence-electron chi connectivity index (χ2n) is 14.7. The zero-order chi connectivity index (χ0) is 36.2. The number of anilines is 1. The first-order valence-electron chi connectivity index (χ1n) is 18.5. The summed E-state index contributed by atoms with van der Waals surface area (Å²) < 4.78 is 13.4. The van der Waals surface area contributed by atoms with E-state index in [1.54, 1.807) is 25.0 Å². The van der Waals surface area contributed by atoms with Gasteiger partial charge in [0.25, 0.3) is 5.91 Å². The standard InChI is InChI=1S/C38H51N5O5.C2H6/c1-23(2)29-21-28(39-14-7-8-15-42(3)4)12-13-31(29)43-32(35-33(47-5)10-9-11-34(35)48-6)22-30(41-43)36(44)40-38(37(45)46)26-17-24-16-25(19-26)20-27(38)18-24;1-2/h9-13,21-27,39H,7-8,14-20H2,1-6H3,(H,40,44)(H,45,46);1-2H3. The lowest BCUT2D eigenvalue weighted by atomic mass is 9.48. The molecule has 3 N–H and O–H groups in total. The van der Waals surface area contributed by atoms with Gasteiger partial charge < -0.3 is 30.1 Å². The van der Waals surface area contributed by atoms with Crippen molar-refractivity contribution in [3.8, 4) is 28.4 Å². The lowest BCUT2D eigenvalue weighted by Crippen LogP contribution is -2.70. The van der Waals surface area contributed by atoms with Crippen molar-refractivity contribution >= 4 is 17.6 Å². The van der Waals surface area contributed by atoms with Crippen LogP contribution in [0.25, 0.3) is 16.9 Å². The number of hydrogen-bond donors (Lipinski definition) is 3. The number of nitrogens with zero attached hydrogens (tertiary/aromatic N) is 3. The fraction of sp³-hybridized carbons (Fsp3) is 0.575. The fourth-order valence-corrected chi connectivity index (χ4v) is 8.85. The van der Waals surface area contributed by atoms with Crippen molar-refractivity contribution in [2.75, 3.05) is 46.7 Å². The Hall–Kier alpha value is -4.05. The summed E-state index contributed by atoms with van der Waals surface area (Å²) in [6.07, 6.45) is 6.78. The third-order valence-electron chi connectivity index (χ3n) is 11.0. The number of carboxylic acid groups (broad SMARTS) is 1. The van der Waals surface area contributed by atoms with Crippen LogP contribution in [-0.4, -0.2) is 78.6 Å². The van der Waals surface area contributed by atoms with E-state index >= 15 is 0 Å². The van der Waals surface area contributed by atoms with Gasteiger partial charge >= 0.3 is 5.97 Å². The molecule has 3 aromatic rings. The van der Waals surface area contributed by atoms with Gasteiger partial charge in [0.2, 0.25) is 0 Å². The van der Waals surface area contributed by atoms with Crippen molar-refractivity contribution in [1.82, 2.24) is 20.0 Å². The molecule has 4 bridgehead atoms. The second-order valence-corrected chi connectivity index (χ2v) is 14.7. The summed E-state index contributed by atoms with van der Waals surface area (Å²) in [4.78, 5) is 29.5. The Balaban J connectivity index is 0.00000239. The van der Waals surface area contributed by atoms with Gasteiger partial charge in [-0.1, -0.05) is 33.8 Å². The van der Waals surface area contributed by atoms with Crippen LogP contribution in [0, 0.1) is 23.7 Å². The number of methoxy groups -OCH3 is 2. The molecule has 1 amide bonds. The van der Waals surface area contributed by atoms with Gasteiger partial charge in [0.05, 0.1) is 31.2 Å². The van der Waals surface area contributed by atoms with Gasteiger partial charge in [0.1, 0.15) is 17.0 Å². The highest BCUT2D eigenvalue weighted by Crippen LogP contribution is 2.58. The van der Waals surface area contributed by atoms with Crippen LogP contribution in [0.1, 0.15) is 94.6 Å². The topological polar surface area (TPSA) is 118 Å². The van der Waals surface area contributed by atoms with Crippen molar-refractivity contribution < 1.29 is 24.2 Å². The first-order chi connectivity index (χ1) is 24.0. The molecule has 0 unspecified atom stereocenters. The molecule has 10 nitrogen and oxygen atoms in total. The van der Waals surface area contributed by atoms with Crippen molar-refractivity contribution in [3.05, 3.63) is 53.7 Å². The molecule has 1 aromatic heterocycles. The molecule has 0 aliphatic heterocycles. The molecule has 7 rings (SSSR count). The average molecular weight is 688 g/mol. The molecule has 0 radical (unpaired) electrons. The number of aromatic nitrogens is 2. The smallest absolute Gasteiger partial charge is 0.330 e. The first kappa shape index (κ1) is 37.2. The molecule has 4 fully saturated rings. The number of carbonyl (C=O) groups excluding carboxylic acids is 1. The molecule has 0 atom stereocenters. The SMILES string of the molecule is CC.COc1cccc(OC)c1-c1cc(C(=O)NC2(C(=O)O)C3CC4CC(C3)CC2C4)nn1-c1ccc(NCCCCN(C)C)cc1C(C)C. The van der Waals surface area contributed by atoms with Crippen LogP contribution in [-0.2, 0) is 4.79 Å².